The number of rotatable bonds is 3. The zero-order valence-corrected chi connectivity index (χ0v) is 11.1. The quantitative estimate of drug-likeness (QED) is 0.893. The molecule has 3 nitrogen and oxygen atoms in total. The third kappa shape index (κ3) is 2.72. The van der Waals surface area contributed by atoms with E-state index < -0.39 is 5.97 Å². The van der Waals surface area contributed by atoms with Gasteiger partial charge in [0.15, 0.2) is 0 Å². The van der Waals surface area contributed by atoms with Crippen LogP contribution in [0.1, 0.15) is 32.3 Å². The molecule has 3 heteroatoms. The summed E-state index contributed by atoms with van der Waals surface area (Å²) in [7, 11) is 0. The molecule has 2 rings (SSSR count). The number of likely N-dealkylation sites (tertiary alicyclic amines) is 1. The Kier molecular flexibility index (Phi) is 3.71. The number of carbonyl (C=O) groups is 1. The Morgan fingerprint density at radius 3 is 2.67 bits per heavy atom. The highest BCUT2D eigenvalue weighted by Gasteiger charge is 2.42. The summed E-state index contributed by atoms with van der Waals surface area (Å²) in [5.41, 5.74) is 1.03. The van der Waals surface area contributed by atoms with Gasteiger partial charge in [0.25, 0.3) is 0 Å². The van der Waals surface area contributed by atoms with Crippen molar-refractivity contribution in [3.8, 4) is 0 Å². The van der Waals surface area contributed by atoms with Gasteiger partial charge in [-0.2, -0.15) is 0 Å². The summed E-state index contributed by atoms with van der Waals surface area (Å²) >= 11 is 0. The molecule has 1 heterocycles. The fourth-order valence-corrected chi connectivity index (χ4v) is 2.98. The van der Waals surface area contributed by atoms with Crippen LogP contribution in [0.5, 0.6) is 0 Å². The summed E-state index contributed by atoms with van der Waals surface area (Å²) in [5.74, 6) is -0.698. The fourth-order valence-electron chi connectivity index (χ4n) is 2.98. The summed E-state index contributed by atoms with van der Waals surface area (Å²) in [4.78, 5) is 13.6. The Hall–Kier alpha value is -1.35. The predicted molar refractivity (Wildman–Crippen MR) is 71.3 cm³/mol. The lowest BCUT2D eigenvalue weighted by molar-refractivity contribution is -0.151. The third-order valence-corrected chi connectivity index (χ3v) is 3.83. The van der Waals surface area contributed by atoms with Gasteiger partial charge < -0.3 is 5.11 Å². The SMILES string of the molecule is CC1(C)CCCN(Cc2ccccc2)C1C(=O)O. The molecule has 0 amide bonds. The smallest absolute Gasteiger partial charge is 0.321 e. The molecule has 1 saturated heterocycles. The van der Waals surface area contributed by atoms with E-state index in [4.69, 9.17) is 0 Å². The van der Waals surface area contributed by atoms with Crippen molar-refractivity contribution in [1.29, 1.82) is 0 Å². The molecule has 0 aliphatic carbocycles. The molecule has 98 valence electrons. The van der Waals surface area contributed by atoms with Gasteiger partial charge in [0.2, 0.25) is 0 Å². The number of piperidine rings is 1. The minimum absolute atomic E-state index is 0.154. The topological polar surface area (TPSA) is 40.5 Å². The number of hydrogen-bond acceptors (Lipinski definition) is 2. The van der Waals surface area contributed by atoms with E-state index in [1.165, 1.54) is 5.56 Å². The van der Waals surface area contributed by atoms with Crippen LogP contribution in [0.15, 0.2) is 30.3 Å². The first kappa shape index (κ1) is 13.1. The van der Waals surface area contributed by atoms with Crippen molar-refractivity contribution in [2.45, 2.75) is 39.3 Å². The van der Waals surface area contributed by atoms with E-state index in [9.17, 15) is 9.90 Å². The lowest BCUT2D eigenvalue weighted by Crippen LogP contribution is -2.53. The number of benzene rings is 1. The molecule has 1 fully saturated rings. The van der Waals surface area contributed by atoms with E-state index in [0.717, 1.165) is 25.9 Å². The number of hydrogen-bond donors (Lipinski definition) is 1. The standard InChI is InChI=1S/C15H21NO2/c1-15(2)9-6-10-16(13(15)14(17)18)11-12-7-4-3-5-8-12/h3-5,7-8,13H,6,9-11H2,1-2H3,(H,17,18). The van der Waals surface area contributed by atoms with Crippen molar-refractivity contribution in [2.24, 2.45) is 5.41 Å². The molecule has 0 spiro atoms. The Labute approximate surface area is 108 Å². The van der Waals surface area contributed by atoms with Crippen LogP contribution in [-0.2, 0) is 11.3 Å². The molecule has 1 aliphatic rings. The molecule has 0 radical (unpaired) electrons. The van der Waals surface area contributed by atoms with Gasteiger partial charge in [0.05, 0.1) is 0 Å². The average molecular weight is 247 g/mol. The summed E-state index contributed by atoms with van der Waals surface area (Å²) in [6.45, 7) is 5.71. The lowest BCUT2D eigenvalue weighted by atomic mass is 9.76. The second-order valence-electron chi connectivity index (χ2n) is 5.79. The molecular formula is C15H21NO2. The molecule has 18 heavy (non-hydrogen) atoms. The Morgan fingerprint density at radius 1 is 1.39 bits per heavy atom. The van der Waals surface area contributed by atoms with Crippen LogP contribution in [0.25, 0.3) is 0 Å². The molecule has 1 aromatic rings. The van der Waals surface area contributed by atoms with E-state index >= 15 is 0 Å². The zero-order chi connectivity index (χ0) is 13.2. The van der Waals surface area contributed by atoms with Gasteiger partial charge in [0.1, 0.15) is 6.04 Å². The Morgan fingerprint density at radius 2 is 2.06 bits per heavy atom. The first-order valence-corrected chi connectivity index (χ1v) is 6.51. The molecule has 1 aromatic carbocycles. The first-order chi connectivity index (χ1) is 8.50. The maximum Gasteiger partial charge on any atom is 0.321 e. The van der Waals surface area contributed by atoms with Crippen LogP contribution < -0.4 is 0 Å². The minimum atomic E-state index is -0.698. The molecule has 0 bridgehead atoms. The van der Waals surface area contributed by atoms with E-state index in [1.807, 2.05) is 18.2 Å². The number of aliphatic carboxylic acids is 1. The van der Waals surface area contributed by atoms with Crippen molar-refractivity contribution >= 4 is 5.97 Å². The molecule has 0 aromatic heterocycles. The molecule has 1 unspecified atom stereocenters. The fraction of sp³-hybridized carbons (Fsp3) is 0.533. The highest BCUT2D eigenvalue weighted by Crippen LogP contribution is 2.35. The van der Waals surface area contributed by atoms with Gasteiger partial charge in [-0.3, -0.25) is 9.69 Å². The van der Waals surface area contributed by atoms with Crippen LogP contribution in [-0.4, -0.2) is 28.6 Å². The maximum atomic E-state index is 11.5. The van der Waals surface area contributed by atoms with Crippen molar-refractivity contribution in [2.75, 3.05) is 6.54 Å². The second kappa shape index (κ2) is 5.11. The molecule has 1 N–H and O–H groups in total. The average Bonchev–Trinajstić information content (AvgIpc) is 2.28. The van der Waals surface area contributed by atoms with Crippen molar-refractivity contribution < 1.29 is 9.90 Å². The normalized spacial score (nSPS) is 23.8. The summed E-state index contributed by atoms with van der Waals surface area (Å²) in [5, 5.41) is 9.48. The van der Waals surface area contributed by atoms with Crippen molar-refractivity contribution in [3.05, 3.63) is 35.9 Å². The van der Waals surface area contributed by atoms with Gasteiger partial charge in [-0.25, -0.2) is 0 Å². The van der Waals surface area contributed by atoms with Crippen LogP contribution in [0.2, 0.25) is 0 Å². The number of nitrogens with zero attached hydrogens (tertiary/aromatic N) is 1. The third-order valence-electron chi connectivity index (χ3n) is 3.83. The van der Waals surface area contributed by atoms with Gasteiger partial charge in [-0.05, 0) is 30.4 Å². The highest BCUT2D eigenvalue weighted by atomic mass is 16.4. The first-order valence-electron chi connectivity index (χ1n) is 6.51. The van der Waals surface area contributed by atoms with Gasteiger partial charge in [-0.1, -0.05) is 44.2 Å². The highest BCUT2D eigenvalue weighted by molar-refractivity contribution is 5.74. The molecular weight excluding hydrogens is 226 g/mol. The predicted octanol–water partition coefficient (Wildman–Crippen LogP) is 2.76. The summed E-state index contributed by atoms with van der Waals surface area (Å²) in [6, 6.07) is 9.71. The lowest BCUT2D eigenvalue weighted by Gasteiger charge is -2.44. The summed E-state index contributed by atoms with van der Waals surface area (Å²) < 4.78 is 0. The van der Waals surface area contributed by atoms with E-state index in [-0.39, 0.29) is 11.5 Å². The number of carboxylic acid groups (broad SMARTS) is 1. The largest absolute Gasteiger partial charge is 0.480 e. The van der Waals surface area contributed by atoms with Gasteiger partial charge >= 0.3 is 5.97 Å². The van der Waals surface area contributed by atoms with Crippen LogP contribution in [0, 0.1) is 5.41 Å². The Bertz CT molecular complexity index is 414. The second-order valence-corrected chi connectivity index (χ2v) is 5.79. The molecule has 0 saturated carbocycles. The van der Waals surface area contributed by atoms with E-state index in [0.29, 0.717) is 0 Å². The monoisotopic (exact) mass is 247 g/mol. The Balaban J connectivity index is 2.17. The zero-order valence-electron chi connectivity index (χ0n) is 11.1. The maximum absolute atomic E-state index is 11.5. The van der Waals surface area contributed by atoms with Crippen LogP contribution >= 0.6 is 0 Å². The molecule has 1 aliphatic heterocycles. The van der Waals surface area contributed by atoms with Crippen molar-refractivity contribution in [3.63, 3.8) is 0 Å². The van der Waals surface area contributed by atoms with E-state index in [1.54, 1.807) is 0 Å². The van der Waals surface area contributed by atoms with Gasteiger partial charge in [0, 0.05) is 6.54 Å². The van der Waals surface area contributed by atoms with Crippen LogP contribution in [0.3, 0.4) is 0 Å². The summed E-state index contributed by atoms with van der Waals surface area (Å²) in [6.07, 6.45) is 2.05. The minimum Gasteiger partial charge on any atom is -0.480 e. The number of carboxylic acids is 1. The van der Waals surface area contributed by atoms with Crippen molar-refractivity contribution in [1.82, 2.24) is 4.90 Å². The van der Waals surface area contributed by atoms with Crippen LogP contribution in [0.4, 0.5) is 0 Å². The van der Waals surface area contributed by atoms with Gasteiger partial charge in [-0.15, -0.1) is 0 Å². The molecule has 1 atom stereocenters. The van der Waals surface area contributed by atoms with E-state index in [2.05, 4.69) is 30.9 Å².